The number of hydrogen-bond acceptors (Lipinski definition) is 3. The van der Waals surface area contributed by atoms with Gasteiger partial charge in [0.15, 0.2) is 5.60 Å². The zero-order valence-corrected chi connectivity index (χ0v) is 24.3. The van der Waals surface area contributed by atoms with E-state index in [1.807, 2.05) is 29.2 Å². The molecule has 0 bridgehead atoms. The van der Waals surface area contributed by atoms with Crippen LogP contribution in [0.25, 0.3) is 0 Å². The maximum absolute atomic E-state index is 13.6. The fourth-order valence-electron chi connectivity index (χ4n) is 6.44. The third-order valence-corrected chi connectivity index (χ3v) is 8.95. The van der Waals surface area contributed by atoms with E-state index in [1.54, 1.807) is 0 Å². The smallest absolute Gasteiger partial charge is 0.415 e. The normalized spacial score (nSPS) is 18.1. The Morgan fingerprint density at radius 3 is 1.98 bits per heavy atom. The largest absolute Gasteiger partial charge is 0.436 e. The van der Waals surface area contributed by atoms with Gasteiger partial charge in [0.1, 0.15) is 11.6 Å². The van der Waals surface area contributed by atoms with E-state index in [0.29, 0.717) is 0 Å². The topological polar surface area (TPSA) is 32.8 Å². The minimum absolute atomic E-state index is 0.0782. The molecule has 40 heavy (non-hydrogen) atoms. The van der Waals surface area contributed by atoms with Crippen LogP contribution < -0.4 is 0 Å². The zero-order valence-electron chi connectivity index (χ0n) is 24.3. The number of likely N-dealkylation sites (tertiary alicyclic amines) is 1. The standard InChI is InChI=1S/C34H46F2N2O2/c1-4-6-7-8-9-11-31(5-2)38-26(3)34(40-33(38)39)21-24-37(25-22-34)23-10-12-32(27-13-17-29(35)18-14-27)28-15-19-30(36)20-16-28/h13-20,31-32H,3-12,21-25H2,1-2H3. The van der Waals surface area contributed by atoms with Gasteiger partial charge in [0.05, 0.1) is 5.70 Å². The molecule has 2 fully saturated rings. The van der Waals surface area contributed by atoms with E-state index in [1.165, 1.54) is 49.9 Å². The Labute approximate surface area is 239 Å². The molecule has 2 aliphatic heterocycles. The number of ether oxygens (including phenoxy) is 1. The first-order chi connectivity index (χ1) is 19.4. The molecule has 1 amide bonds. The van der Waals surface area contributed by atoms with Crippen LogP contribution in [-0.4, -0.2) is 47.2 Å². The average molecular weight is 553 g/mol. The van der Waals surface area contributed by atoms with Crippen molar-refractivity contribution in [3.63, 3.8) is 0 Å². The number of halogens is 2. The highest BCUT2D eigenvalue weighted by atomic mass is 19.1. The summed E-state index contributed by atoms with van der Waals surface area (Å²) in [5, 5.41) is 0. The van der Waals surface area contributed by atoms with Crippen LogP contribution in [0.3, 0.4) is 0 Å². The van der Waals surface area contributed by atoms with Gasteiger partial charge < -0.3 is 9.64 Å². The van der Waals surface area contributed by atoms with E-state index in [-0.39, 0.29) is 29.7 Å². The van der Waals surface area contributed by atoms with Crippen LogP contribution in [0.15, 0.2) is 60.8 Å². The van der Waals surface area contributed by atoms with E-state index in [4.69, 9.17) is 4.74 Å². The molecule has 0 saturated carbocycles. The first kappa shape index (κ1) is 30.2. The Hall–Kier alpha value is -2.73. The van der Waals surface area contributed by atoms with Crippen molar-refractivity contribution in [1.29, 1.82) is 0 Å². The summed E-state index contributed by atoms with van der Waals surface area (Å²) in [4.78, 5) is 17.3. The highest BCUT2D eigenvalue weighted by Gasteiger charge is 2.51. The first-order valence-electron chi connectivity index (χ1n) is 15.3. The lowest BCUT2D eigenvalue weighted by Gasteiger charge is -2.39. The second-order valence-electron chi connectivity index (χ2n) is 11.6. The lowest BCUT2D eigenvalue weighted by Crippen LogP contribution is -2.46. The molecule has 1 atom stereocenters. The van der Waals surface area contributed by atoms with Crippen molar-refractivity contribution in [3.05, 3.63) is 83.6 Å². The number of hydrogen-bond donors (Lipinski definition) is 0. The molecule has 6 heteroatoms. The SMILES string of the molecule is C=C1N(C(CC)CCCCCCC)C(=O)OC12CCN(CCCC(c1ccc(F)cc1)c1ccc(F)cc1)CC2. The third-order valence-electron chi connectivity index (χ3n) is 8.95. The van der Waals surface area contributed by atoms with Gasteiger partial charge in [0.25, 0.3) is 0 Å². The fraction of sp³-hybridized carbons (Fsp3) is 0.559. The van der Waals surface area contributed by atoms with Crippen LogP contribution in [0.2, 0.25) is 0 Å². The van der Waals surface area contributed by atoms with Crippen LogP contribution in [0.5, 0.6) is 0 Å². The van der Waals surface area contributed by atoms with E-state index >= 15 is 0 Å². The second-order valence-corrected chi connectivity index (χ2v) is 11.6. The summed E-state index contributed by atoms with van der Waals surface area (Å²) < 4.78 is 33.2. The molecule has 2 heterocycles. The minimum Gasteiger partial charge on any atom is -0.436 e. The Morgan fingerprint density at radius 1 is 0.850 bits per heavy atom. The Kier molecular flexibility index (Phi) is 10.8. The predicted molar refractivity (Wildman–Crippen MR) is 157 cm³/mol. The summed E-state index contributed by atoms with van der Waals surface area (Å²) >= 11 is 0. The number of benzene rings is 2. The van der Waals surface area contributed by atoms with Crippen molar-refractivity contribution in [2.75, 3.05) is 19.6 Å². The van der Waals surface area contributed by atoms with Crippen LogP contribution in [-0.2, 0) is 4.74 Å². The Morgan fingerprint density at radius 2 is 1.43 bits per heavy atom. The summed E-state index contributed by atoms with van der Waals surface area (Å²) in [6.45, 7) is 11.4. The summed E-state index contributed by atoms with van der Waals surface area (Å²) in [6.07, 6.45) is 11.2. The number of amides is 1. The monoisotopic (exact) mass is 552 g/mol. The Balaban J connectivity index is 1.30. The summed E-state index contributed by atoms with van der Waals surface area (Å²) in [6, 6.07) is 13.4. The summed E-state index contributed by atoms with van der Waals surface area (Å²) in [5.41, 5.74) is 2.35. The van der Waals surface area contributed by atoms with Crippen molar-refractivity contribution in [2.24, 2.45) is 0 Å². The number of unbranched alkanes of at least 4 members (excludes halogenated alkanes) is 4. The maximum Gasteiger partial charge on any atom is 0.415 e. The number of carbonyl (C=O) groups excluding carboxylic acids is 1. The molecule has 0 N–H and O–H groups in total. The summed E-state index contributed by atoms with van der Waals surface area (Å²) in [7, 11) is 0. The first-order valence-corrected chi connectivity index (χ1v) is 15.3. The number of piperidine rings is 1. The second kappa shape index (κ2) is 14.2. The number of nitrogens with zero attached hydrogens (tertiary/aromatic N) is 2. The molecule has 2 aromatic rings. The third kappa shape index (κ3) is 7.31. The van der Waals surface area contributed by atoms with Gasteiger partial charge in [-0.2, -0.15) is 0 Å². The van der Waals surface area contributed by atoms with E-state index in [2.05, 4.69) is 25.3 Å². The zero-order chi connectivity index (χ0) is 28.5. The van der Waals surface area contributed by atoms with Crippen molar-refractivity contribution >= 4 is 6.09 Å². The van der Waals surface area contributed by atoms with E-state index in [0.717, 1.165) is 81.4 Å². The average Bonchev–Trinajstić information content (AvgIpc) is 3.19. The maximum atomic E-state index is 13.6. The molecule has 0 aliphatic carbocycles. The van der Waals surface area contributed by atoms with E-state index < -0.39 is 5.60 Å². The molecule has 0 radical (unpaired) electrons. The van der Waals surface area contributed by atoms with Crippen LogP contribution >= 0.6 is 0 Å². The molecule has 2 aliphatic rings. The highest BCUT2D eigenvalue weighted by Crippen LogP contribution is 2.42. The lowest BCUT2D eigenvalue weighted by atomic mass is 9.86. The van der Waals surface area contributed by atoms with Crippen LogP contribution in [0, 0.1) is 11.6 Å². The highest BCUT2D eigenvalue weighted by molar-refractivity contribution is 5.75. The Bertz CT molecular complexity index is 1050. The quantitative estimate of drug-likeness (QED) is 0.220. The molecular formula is C34H46F2N2O2. The van der Waals surface area contributed by atoms with Crippen molar-refractivity contribution < 1.29 is 18.3 Å². The van der Waals surface area contributed by atoms with Gasteiger partial charge in [-0.25, -0.2) is 13.6 Å². The van der Waals surface area contributed by atoms with Gasteiger partial charge in [-0.3, -0.25) is 4.90 Å². The molecule has 1 unspecified atom stereocenters. The van der Waals surface area contributed by atoms with Gasteiger partial charge in [-0.15, -0.1) is 0 Å². The van der Waals surface area contributed by atoms with Gasteiger partial charge in [0, 0.05) is 37.9 Å². The molecule has 0 aromatic heterocycles. The van der Waals surface area contributed by atoms with Gasteiger partial charge in [-0.1, -0.05) is 76.8 Å². The lowest BCUT2D eigenvalue weighted by molar-refractivity contribution is 0.0142. The molecule has 4 nitrogen and oxygen atoms in total. The van der Waals surface area contributed by atoms with Gasteiger partial charge >= 0.3 is 6.09 Å². The number of carbonyl (C=O) groups is 1. The van der Waals surface area contributed by atoms with Gasteiger partial charge in [-0.05, 0) is 67.6 Å². The van der Waals surface area contributed by atoms with E-state index in [9.17, 15) is 13.6 Å². The molecule has 1 spiro atoms. The minimum atomic E-state index is -0.575. The molecular weight excluding hydrogens is 506 g/mol. The fourth-order valence-corrected chi connectivity index (χ4v) is 6.44. The molecule has 218 valence electrons. The molecule has 2 aromatic carbocycles. The number of rotatable bonds is 14. The van der Waals surface area contributed by atoms with Crippen molar-refractivity contribution in [2.45, 2.75) is 102 Å². The van der Waals surface area contributed by atoms with Crippen LogP contribution in [0.4, 0.5) is 13.6 Å². The molecule has 4 rings (SSSR count). The van der Waals surface area contributed by atoms with Crippen molar-refractivity contribution in [3.8, 4) is 0 Å². The van der Waals surface area contributed by atoms with Gasteiger partial charge in [0.2, 0.25) is 0 Å². The van der Waals surface area contributed by atoms with Crippen LogP contribution in [0.1, 0.15) is 102 Å². The summed E-state index contributed by atoms with van der Waals surface area (Å²) in [5.74, 6) is -0.433. The van der Waals surface area contributed by atoms with Crippen molar-refractivity contribution in [1.82, 2.24) is 9.80 Å². The molecule has 2 saturated heterocycles. The predicted octanol–water partition coefficient (Wildman–Crippen LogP) is 8.82.